The maximum Gasteiger partial charge on any atom is 0.0121 e. The van der Waals surface area contributed by atoms with Gasteiger partial charge in [0.15, 0.2) is 0 Å². The van der Waals surface area contributed by atoms with E-state index in [4.69, 9.17) is 0 Å². The van der Waals surface area contributed by atoms with Crippen molar-refractivity contribution in [3.8, 4) is 0 Å². The van der Waals surface area contributed by atoms with Crippen molar-refractivity contribution in [1.29, 1.82) is 0 Å². The Morgan fingerprint density at radius 1 is 1.23 bits per heavy atom. The fourth-order valence-corrected chi connectivity index (χ4v) is 3.54. The fraction of sp³-hybridized carbons (Fsp3) is 1.00. The summed E-state index contributed by atoms with van der Waals surface area (Å²) in [4.78, 5) is 2.61. The summed E-state index contributed by atoms with van der Waals surface area (Å²) >= 11 is 0. The summed E-state index contributed by atoms with van der Waals surface area (Å²) in [7, 11) is 2.32. The number of hydrogen-bond donors (Lipinski definition) is 0. The third-order valence-corrected chi connectivity index (χ3v) is 4.23. The van der Waals surface area contributed by atoms with Crippen LogP contribution in [0.1, 0.15) is 46.0 Å². The minimum absolute atomic E-state index is 0.740. The molecule has 13 heavy (non-hydrogen) atoms. The van der Waals surface area contributed by atoms with Gasteiger partial charge in [-0.3, -0.25) is 0 Å². The molecule has 1 saturated carbocycles. The second-order valence-electron chi connectivity index (χ2n) is 5.64. The molecular formula is C12H23N. The molecular weight excluding hydrogens is 158 g/mol. The Hall–Kier alpha value is -0.0400. The summed E-state index contributed by atoms with van der Waals surface area (Å²) in [6.07, 6.45) is 7.44. The van der Waals surface area contributed by atoms with Crippen LogP contribution in [0.15, 0.2) is 0 Å². The van der Waals surface area contributed by atoms with Crippen LogP contribution in [-0.4, -0.2) is 24.5 Å². The average Bonchev–Trinajstić information content (AvgIpc) is 2.60. The molecule has 76 valence electrons. The lowest BCUT2D eigenvalue weighted by molar-refractivity contribution is 0.245. The van der Waals surface area contributed by atoms with Crippen molar-refractivity contribution < 1.29 is 0 Å². The first-order valence-electron chi connectivity index (χ1n) is 5.83. The number of rotatable bonds is 1. The van der Waals surface area contributed by atoms with Gasteiger partial charge in [0.25, 0.3) is 0 Å². The van der Waals surface area contributed by atoms with Gasteiger partial charge in [0.2, 0.25) is 0 Å². The Bertz CT molecular complexity index is 180. The van der Waals surface area contributed by atoms with Crippen LogP contribution in [0.25, 0.3) is 0 Å². The summed E-state index contributed by atoms with van der Waals surface area (Å²) in [5.74, 6) is 0.838. The molecule has 0 bridgehead atoms. The van der Waals surface area contributed by atoms with E-state index in [9.17, 15) is 0 Å². The first-order valence-corrected chi connectivity index (χ1v) is 5.83. The highest BCUT2D eigenvalue weighted by molar-refractivity contribution is 4.97. The zero-order valence-corrected chi connectivity index (χ0v) is 9.34. The van der Waals surface area contributed by atoms with Crippen LogP contribution in [0, 0.1) is 11.3 Å². The zero-order valence-electron chi connectivity index (χ0n) is 9.34. The molecule has 1 spiro atoms. The lowest BCUT2D eigenvalue weighted by atomic mass is 9.82. The average molecular weight is 181 g/mol. The minimum atomic E-state index is 0.740. The molecule has 2 aliphatic rings. The van der Waals surface area contributed by atoms with Gasteiger partial charge in [-0.25, -0.2) is 0 Å². The SMILES string of the molecule is CC(C)[C@H]1CC2(CCCC2)CN1C. The highest BCUT2D eigenvalue weighted by atomic mass is 15.2. The van der Waals surface area contributed by atoms with Crippen molar-refractivity contribution in [2.75, 3.05) is 13.6 Å². The molecule has 2 rings (SSSR count). The Kier molecular flexibility index (Phi) is 2.39. The second-order valence-corrected chi connectivity index (χ2v) is 5.64. The van der Waals surface area contributed by atoms with Crippen LogP contribution in [0.3, 0.4) is 0 Å². The lowest BCUT2D eigenvalue weighted by Gasteiger charge is -2.22. The zero-order chi connectivity index (χ0) is 9.47. The Morgan fingerprint density at radius 2 is 1.85 bits per heavy atom. The summed E-state index contributed by atoms with van der Waals surface area (Å²) in [5.41, 5.74) is 0.740. The van der Waals surface area contributed by atoms with Gasteiger partial charge < -0.3 is 4.90 Å². The van der Waals surface area contributed by atoms with Crippen molar-refractivity contribution in [1.82, 2.24) is 4.90 Å². The molecule has 0 aromatic carbocycles. The predicted molar refractivity (Wildman–Crippen MR) is 56.8 cm³/mol. The minimum Gasteiger partial charge on any atom is -0.303 e. The molecule has 0 aromatic rings. The normalized spacial score (nSPS) is 33.7. The largest absolute Gasteiger partial charge is 0.303 e. The van der Waals surface area contributed by atoms with Gasteiger partial charge in [0.05, 0.1) is 0 Å². The van der Waals surface area contributed by atoms with E-state index in [2.05, 4.69) is 25.8 Å². The van der Waals surface area contributed by atoms with Crippen molar-refractivity contribution in [2.45, 2.75) is 52.0 Å². The molecule has 1 atom stereocenters. The monoisotopic (exact) mass is 181 g/mol. The lowest BCUT2D eigenvalue weighted by Crippen LogP contribution is -2.29. The van der Waals surface area contributed by atoms with Crippen molar-refractivity contribution >= 4 is 0 Å². The van der Waals surface area contributed by atoms with E-state index in [1.165, 1.54) is 38.6 Å². The molecule has 0 aromatic heterocycles. The maximum absolute atomic E-state index is 2.61. The van der Waals surface area contributed by atoms with Crippen molar-refractivity contribution in [3.05, 3.63) is 0 Å². The van der Waals surface area contributed by atoms with Gasteiger partial charge in [-0.15, -0.1) is 0 Å². The van der Waals surface area contributed by atoms with Crippen LogP contribution in [0.4, 0.5) is 0 Å². The summed E-state index contributed by atoms with van der Waals surface area (Å²) in [5, 5.41) is 0. The number of nitrogens with zero attached hydrogens (tertiary/aromatic N) is 1. The Morgan fingerprint density at radius 3 is 2.31 bits per heavy atom. The molecule has 1 heterocycles. The molecule has 0 N–H and O–H groups in total. The molecule has 1 aliphatic carbocycles. The van der Waals surface area contributed by atoms with E-state index in [-0.39, 0.29) is 0 Å². The predicted octanol–water partition coefficient (Wildman–Crippen LogP) is 2.91. The standard InChI is InChI=1S/C12H23N/c1-10(2)11-8-12(9-13(11)3)6-4-5-7-12/h10-11H,4-9H2,1-3H3/t11-/m1/s1. The van der Waals surface area contributed by atoms with Crippen LogP contribution >= 0.6 is 0 Å². The van der Waals surface area contributed by atoms with E-state index in [1.807, 2.05) is 0 Å². The Balaban J connectivity index is 2.05. The second kappa shape index (κ2) is 3.27. The van der Waals surface area contributed by atoms with Crippen molar-refractivity contribution in [3.63, 3.8) is 0 Å². The molecule has 0 amide bonds. The van der Waals surface area contributed by atoms with Gasteiger partial charge in [-0.2, -0.15) is 0 Å². The van der Waals surface area contributed by atoms with Gasteiger partial charge in [-0.1, -0.05) is 26.7 Å². The third kappa shape index (κ3) is 1.63. The van der Waals surface area contributed by atoms with Crippen molar-refractivity contribution in [2.24, 2.45) is 11.3 Å². The maximum atomic E-state index is 2.61. The number of hydrogen-bond acceptors (Lipinski definition) is 1. The van der Waals surface area contributed by atoms with E-state index < -0.39 is 0 Å². The van der Waals surface area contributed by atoms with E-state index in [0.717, 1.165) is 17.4 Å². The third-order valence-electron chi connectivity index (χ3n) is 4.23. The highest BCUT2D eigenvalue weighted by Gasteiger charge is 2.44. The van der Waals surface area contributed by atoms with Gasteiger partial charge in [0, 0.05) is 12.6 Å². The summed E-state index contributed by atoms with van der Waals surface area (Å²) in [6.45, 7) is 6.11. The van der Waals surface area contributed by atoms with Crippen LogP contribution in [0.2, 0.25) is 0 Å². The smallest absolute Gasteiger partial charge is 0.0121 e. The Labute approximate surface area is 82.5 Å². The topological polar surface area (TPSA) is 3.24 Å². The first kappa shape index (κ1) is 9.51. The summed E-state index contributed by atoms with van der Waals surface area (Å²) in [6, 6.07) is 0.859. The van der Waals surface area contributed by atoms with E-state index in [1.54, 1.807) is 0 Å². The van der Waals surface area contributed by atoms with E-state index in [0.29, 0.717) is 0 Å². The number of likely N-dealkylation sites (tertiary alicyclic amines) is 1. The molecule has 1 aliphatic heterocycles. The summed E-state index contributed by atoms with van der Waals surface area (Å²) < 4.78 is 0. The molecule has 1 nitrogen and oxygen atoms in total. The molecule has 2 fully saturated rings. The molecule has 1 heteroatoms. The van der Waals surface area contributed by atoms with Gasteiger partial charge in [0.1, 0.15) is 0 Å². The quantitative estimate of drug-likeness (QED) is 0.601. The van der Waals surface area contributed by atoms with Gasteiger partial charge in [-0.05, 0) is 37.6 Å². The molecule has 0 radical (unpaired) electrons. The van der Waals surface area contributed by atoms with Crippen LogP contribution < -0.4 is 0 Å². The molecule has 0 unspecified atom stereocenters. The fourth-order valence-electron chi connectivity index (χ4n) is 3.54. The molecule has 1 saturated heterocycles. The van der Waals surface area contributed by atoms with Crippen LogP contribution in [-0.2, 0) is 0 Å². The van der Waals surface area contributed by atoms with Crippen LogP contribution in [0.5, 0.6) is 0 Å². The highest BCUT2D eigenvalue weighted by Crippen LogP contribution is 2.48. The first-order chi connectivity index (χ1) is 6.13. The van der Waals surface area contributed by atoms with E-state index >= 15 is 0 Å². The van der Waals surface area contributed by atoms with Gasteiger partial charge >= 0.3 is 0 Å².